The first-order chi connectivity index (χ1) is 7.29. The summed E-state index contributed by atoms with van der Waals surface area (Å²) in [4.78, 5) is 15.8. The van der Waals surface area contributed by atoms with Crippen molar-refractivity contribution in [2.75, 3.05) is 11.9 Å². The summed E-state index contributed by atoms with van der Waals surface area (Å²) in [5.41, 5.74) is 0.923. The highest BCUT2D eigenvalue weighted by Crippen LogP contribution is 2.13. The van der Waals surface area contributed by atoms with Crippen LogP contribution in [0.2, 0.25) is 0 Å². The van der Waals surface area contributed by atoms with Crippen LogP contribution >= 0.6 is 0 Å². The Balaban J connectivity index is 2.40. The van der Waals surface area contributed by atoms with Gasteiger partial charge >= 0.3 is 0 Å². The number of aryl methyl sites for hydroxylation is 1. The van der Waals surface area contributed by atoms with Gasteiger partial charge in [0, 0.05) is 30.7 Å². The largest absolute Gasteiger partial charge is 0.370 e. The molecule has 0 spiro atoms. The van der Waals surface area contributed by atoms with Gasteiger partial charge in [-0.3, -0.25) is 0 Å². The number of nitrogens with one attached hydrogen (secondary N) is 2. The van der Waals surface area contributed by atoms with Gasteiger partial charge in [0.25, 0.3) is 0 Å². The molecule has 78 valence electrons. The van der Waals surface area contributed by atoms with Gasteiger partial charge in [-0.25, -0.2) is 15.0 Å². The van der Waals surface area contributed by atoms with E-state index in [9.17, 15) is 0 Å². The minimum Gasteiger partial charge on any atom is -0.370 e. The Labute approximate surface area is 88.0 Å². The van der Waals surface area contributed by atoms with E-state index in [1.54, 1.807) is 12.4 Å². The maximum absolute atomic E-state index is 4.35. The molecule has 5 nitrogen and oxygen atoms in total. The van der Waals surface area contributed by atoms with Gasteiger partial charge in [0.1, 0.15) is 5.82 Å². The van der Waals surface area contributed by atoms with E-state index in [0.29, 0.717) is 11.6 Å². The molecule has 0 saturated carbocycles. The number of anilines is 1. The maximum atomic E-state index is 4.35. The molecule has 0 amide bonds. The molecule has 2 aromatic rings. The Kier molecular flexibility index (Phi) is 2.62. The number of hydrogen-bond acceptors (Lipinski definition) is 4. The van der Waals surface area contributed by atoms with Crippen LogP contribution in [0.1, 0.15) is 12.6 Å². The van der Waals surface area contributed by atoms with Crippen molar-refractivity contribution in [1.82, 2.24) is 19.9 Å². The highest BCUT2D eigenvalue weighted by molar-refractivity contribution is 5.48. The third-order valence-corrected chi connectivity index (χ3v) is 1.92. The van der Waals surface area contributed by atoms with Crippen molar-refractivity contribution in [3.8, 4) is 11.6 Å². The second-order valence-corrected chi connectivity index (χ2v) is 3.19. The average molecular weight is 203 g/mol. The van der Waals surface area contributed by atoms with Gasteiger partial charge in [-0.15, -0.1) is 0 Å². The first-order valence-electron chi connectivity index (χ1n) is 4.89. The van der Waals surface area contributed by atoms with Crippen LogP contribution in [0.15, 0.2) is 18.5 Å². The Bertz CT molecular complexity index is 435. The van der Waals surface area contributed by atoms with Crippen molar-refractivity contribution in [2.45, 2.75) is 13.8 Å². The summed E-state index contributed by atoms with van der Waals surface area (Å²) in [6.07, 6.45) is 3.45. The molecule has 0 saturated heterocycles. The Hall–Kier alpha value is -1.91. The fraction of sp³-hybridized carbons (Fsp3) is 0.300. The zero-order chi connectivity index (χ0) is 10.7. The molecule has 0 aliphatic heterocycles. The van der Waals surface area contributed by atoms with E-state index in [4.69, 9.17) is 0 Å². The number of rotatable bonds is 3. The van der Waals surface area contributed by atoms with Gasteiger partial charge in [-0.2, -0.15) is 0 Å². The first kappa shape index (κ1) is 9.64. The number of imidazole rings is 1. The molecule has 0 radical (unpaired) electrons. The predicted octanol–water partition coefficient (Wildman–Crippen LogP) is 1.61. The number of hydrogen-bond donors (Lipinski definition) is 2. The van der Waals surface area contributed by atoms with E-state index < -0.39 is 0 Å². The molecular weight excluding hydrogens is 190 g/mol. The molecular formula is C10H13N5. The Morgan fingerprint density at radius 1 is 1.40 bits per heavy atom. The lowest BCUT2D eigenvalue weighted by Crippen LogP contribution is -2.03. The number of H-pyrrole nitrogens is 1. The van der Waals surface area contributed by atoms with Crippen molar-refractivity contribution in [1.29, 1.82) is 0 Å². The predicted molar refractivity (Wildman–Crippen MR) is 58.5 cm³/mol. The summed E-state index contributed by atoms with van der Waals surface area (Å²) in [5.74, 6) is 2.14. The van der Waals surface area contributed by atoms with E-state index in [1.165, 1.54) is 0 Å². The monoisotopic (exact) mass is 203 g/mol. The van der Waals surface area contributed by atoms with E-state index in [2.05, 4.69) is 25.3 Å². The summed E-state index contributed by atoms with van der Waals surface area (Å²) in [6, 6.07) is 1.91. The Morgan fingerprint density at radius 3 is 2.93 bits per heavy atom. The zero-order valence-corrected chi connectivity index (χ0v) is 8.78. The van der Waals surface area contributed by atoms with Crippen LogP contribution in [0.3, 0.4) is 0 Å². The summed E-state index contributed by atoms with van der Waals surface area (Å²) in [7, 11) is 0. The highest BCUT2D eigenvalue weighted by Gasteiger charge is 2.05. The summed E-state index contributed by atoms with van der Waals surface area (Å²) < 4.78 is 0. The van der Waals surface area contributed by atoms with Crippen molar-refractivity contribution < 1.29 is 0 Å². The molecule has 2 heterocycles. The van der Waals surface area contributed by atoms with Crippen LogP contribution in [0.25, 0.3) is 11.6 Å². The number of aromatic amines is 1. The van der Waals surface area contributed by atoms with E-state index in [0.717, 1.165) is 18.1 Å². The van der Waals surface area contributed by atoms with Gasteiger partial charge in [0.05, 0.1) is 0 Å². The lowest BCUT2D eigenvalue weighted by molar-refractivity contribution is 1.06. The lowest BCUT2D eigenvalue weighted by Gasteiger charge is -2.04. The molecule has 2 aromatic heterocycles. The molecule has 0 fully saturated rings. The molecule has 15 heavy (non-hydrogen) atoms. The lowest BCUT2D eigenvalue weighted by atomic mass is 10.4. The number of nitrogens with zero attached hydrogens (tertiary/aromatic N) is 3. The van der Waals surface area contributed by atoms with Crippen molar-refractivity contribution in [3.63, 3.8) is 0 Å². The van der Waals surface area contributed by atoms with Gasteiger partial charge in [-0.05, 0) is 13.8 Å². The van der Waals surface area contributed by atoms with Gasteiger partial charge in [0.2, 0.25) is 0 Å². The molecule has 0 aliphatic rings. The zero-order valence-electron chi connectivity index (χ0n) is 8.78. The smallest absolute Gasteiger partial charge is 0.197 e. The minimum atomic E-state index is 0.621. The molecule has 2 N–H and O–H groups in total. The van der Waals surface area contributed by atoms with Crippen molar-refractivity contribution in [2.24, 2.45) is 0 Å². The third-order valence-electron chi connectivity index (χ3n) is 1.92. The summed E-state index contributed by atoms with van der Waals surface area (Å²) in [6.45, 7) is 4.81. The summed E-state index contributed by atoms with van der Waals surface area (Å²) >= 11 is 0. The molecule has 0 aromatic carbocycles. The molecule has 0 unspecified atom stereocenters. The standard InChI is InChI=1S/C10H13N5/c1-3-11-8-6-7(2)14-10(15-8)9-12-4-5-13-9/h4-6H,3H2,1-2H3,(H,12,13)(H,11,14,15). The molecule has 5 heteroatoms. The normalized spacial score (nSPS) is 10.3. The number of aromatic nitrogens is 4. The van der Waals surface area contributed by atoms with Crippen LogP contribution in [0.4, 0.5) is 5.82 Å². The Morgan fingerprint density at radius 2 is 2.27 bits per heavy atom. The molecule has 2 rings (SSSR count). The van der Waals surface area contributed by atoms with Crippen LogP contribution in [-0.4, -0.2) is 26.5 Å². The van der Waals surface area contributed by atoms with E-state index in [-0.39, 0.29) is 0 Å². The fourth-order valence-electron chi connectivity index (χ4n) is 1.33. The minimum absolute atomic E-state index is 0.621. The van der Waals surface area contributed by atoms with Gasteiger partial charge < -0.3 is 10.3 Å². The topological polar surface area (TPSA) is 66.5 Å². The average Bonchev–Trinajstić information content (AvgIpc) is 2.70. The van der Waals surface area contributed by atoms with E-state index in [1.807, 2.05) is 19.9 Å². The maximum Gasteiger partial charge on any atom is 0.197 e. The molecule has 0 atom stereocenters. The van der Waals surface area contributed by atoms with Crippen LogP contribution in [-0.2, 0) is 0 Å². The summed E-state index contributed by atoms with van der Waals surface area (Å²) in [5, 5.41) is 3.16. The van der Waals surface area contributed by atoms with Gasteiger partial charge in [0.15, 0.2) is 11.6 Å². The quantitative estimate of drug-likeness (QED) is 0.795. The SMILES string of the molecule is CCNc1cc(C)nc(-c2ncc[nH]2)n1. The van der Waals surface area contributed by atoms with Gasteiger partial charge in [-0.1, -0.05) is 0 Å². The van der Waals surface area contributed by atoms with Crippen LogP contribution in [0.5, 0.6) is 0 Å². The van der Waals surface area contributed by atoms with E-state index >= 15 is 0 Å². The van der Waals surface area contributed by atoms with Crippen LogP contribution < -0.4 is 5.32 Å². The fourth-order valence-corrected chi connectivity index (χ4v) is 1.33. The van der Waals surface area contributed by atoms with Crippen molar-refractivity contribution >= 4 is 5.82 Å². The second kappa shape index (κ2) is 4.08. The van der Waals surface area contributed by atoms with Crippen LogP contribution in [0, 0.1) is 6.92 Å². The molecule has 0 aliphatic carbocycles. The molecule has 0 bridgehead atoms. The second-order valence-electron chi connectivity index (χ2n) is 3.19. The highest BCUT2D eigenvalue weighted by atomic mass is 15.1. The van der Waals surface area contributed by atoms with Crippen molar-refractivity contribution in [3.05, 3.63) is 24.2 Å². The first-order valence-corrected chi connectivity index (χ1v) is 4.89. The third kappa shape index (κ3) is 2.12.